The number of aliphatic hydroxyl groups is 1. The van der Waals surface area contributed by atoms with Crippen LogP contribution >= 0.6 is 0 Å². The Morgan fingerprint density at radius 3 is 2.86 bits per heavy atom. The predicted molar refractivity (Wildman–Crippen MR) is 78.3 cm³/mol. The van der Waals surface area contributed by atoms with Crippen molar-refractivity contribution in [3.05, 3.63) is 17.6 Å². The van der Waals surface area contributed by atoms with E-state index in [0.717, 1.165) is 35.4 Å². The van der Waals surface area contributed by atoms with Gasteiger partial charge < -0.3 is 15.2 Å². The summed E-state index contributed by atoms with van der Waals surface area (Å²) in [5.74, 6) is 0. The van der Waals surface area contributed by atoms with Crippen LogP contribution in [0, 0.1) is 19.3 Å². The summed E-state index contributed by atoms with van der Waals surface area (Å²) in [5.41, 5.74) is 3.54. The third kappa shape index (κ3) is 2.58. The molecule has 114 valence electrons. The Balaban J connectivity index is 1.87. The highest BCUT2D eigenvalue weighted by Gasteiger charge is 2.32. The molecule has 0 radical (unpaired) electrons. The van der Waals surface area contributed by atoms with Crippen LogP contribution in [-0.4, -0.2) is 51.3 Å². The third-order valence-corrected chi connectivity index (χ3v) is 4.46. The van der Waals surface area contributed by atoms with Gasteiger partial charge in [0.1, 0.15) is 6.33 Å². The predicted octanol–water partition coefficient (Wildman–Crippen LogP) is 0.942. The molecule has 1 fully saturated rings. The van der Waals surface area contributed by atoms with Crippen LogP contribution in [0.3, 0.4) is 0 Å². The average Bonchev–Trinajstić information content (AvgIpc) is 2.96. The number of aliphatic hydroxyl groups excluding tert-OH is 1. The maximum atomic E-state index is 9.78. The number of nitrogens with zero attached hydrogens (tertiary/aromatic N) is 4. The molecule has 7 heteroatoms. The van der Waals surface area contributed by atoms with Gasteiger partial charge in [0.25, 0.3) is 0 Å². The van der Waals surface area contributed by atoms with Crippen molar-refractivity contribution in [1.82, 2.24) is 19.8 Å². The number of hydrogen-bond donors (Lipinski definition) is 2. The molecule has 0 aromatic carbocycles. The van der Waals surface area contributed by atoms with Gasteiger partial charge in [-0.1, -0.05) is 0 Å². The molecule has 1 saturated heterocycles. The zero-order valence-electron chi connectivity index (χ0n) is 12.5. The molecular formula is C14H21N5O2. The highest BCUT2D eigenvalue weighted by Crippen LogP contribution is 2.31. The topological polar surface area (TPSA) is 84.6 Å². The van der Waals surface area contributed by atoms with Crippen molar-refractivity contribution in [3.63, 3.8) is 0 Å². The summed E-state index contributed by atoms with van der Waals surface area (Å²) in [6, 6.07) is 0. The highest BCUT2D eigenvalue weighted by atomic mass is 16.5. The molecule has 1 aliphatic heterocycles. The van der Waals surface area contributed by atoms with Crippen LogP contribution in [0.4, 0.5) is 5.69 Å². The molecule has 0 unspecified atom stereocenters. The van der Waals surface area contributed by atoms with Crippen molar-refractivity contribution < 1.29 is 9.84 Å². The van der Waals surface area contributed by atoms with Gasteiger partial charge in [0.2, 0.25) is 5.65 Å². The molecule has 0 aliphatic carbocycles. The minimum absolute atomic E-state index is 0.126. The van der Waals surface area contributed by atoms with E-state index in [4.69, 9.17) is 4.74 Å². The quantitative estimate of drug-likeness (QED) is 0.872. The van der Waals surface area contributed by atoms with Gasteiger partial charge in [-0.25, -0.2) is 0 Å². The van der Waals surface area contributed by atoms with Crippen LogP contribution in [0.5, 0.6) is 0 Å². The smallest absolute Gasteiger partial charge is 0.200 e. The number of nitrogens with one attached hydrogen (secondary N) is 1. The lowest BCUT2D eigenvalue weighted by Crippen LogP contribution is -2.39. The van der Waals surface area contributed by atoms with E-state index in [-0.39, 0.29) is 12.0 Å². The zero-order chi connectivity index (χ0) is 14.9. The molecular weight excluding hydrogens is 270 g/mol. The van der Waals surface area contributed by atoms with E-state index in [1.807, 2.05) is 13.8 Å². The lowest BCUT2D eigenvalue weighted by atomic mass is 9.81. The van der Waals surface area contributed by atoms with Crippen LogP contribution < -0.4 is 5.32 Å². The van der Waals surface area contributed by atoms with Crippen LogP contribution in [0.15, 0.2) is 6.33 Å². The molecule has 3 rings (SSSR count). The summed E-state index contributed by atoms with van der Waals surface area (Å²) in [5, 5.41) is 25.7. The van der Waals surface area contributed by atoms with Crippen molar-refractivity contribution in [1.29, 1.82) is 0 Å². The molecule has 2 aromatic rings. The molecule has 2 N–H and O–H groups in total. The maximum Gasteiger partial charge on any atom is 0.200 e. The Labute approximate surface area is 123 Å². The molecule has 0 amide bonds. The number of hydrogen-bond acceptors (Lipinski definition) is 6. The van der Waals surface area contributed by atoms with Crippen molar-refractivity contribution in [3.8, 4) is 0 Å². The second-order valence-electron chi connectivity index (χ2n) is 5.81. The second kappa shape index (κ2) is 5.57. The summed E-state index contributed by atoms with van der Waals surface area (Å²) >= 11 is 0. The Morgan fingerprint density at radius 2 is 2.14 bits per heavy atom. The first kappa shape index (κ1) is 14.2. The van der Waals surface area contributed by atoms with Crippen LogP contribution in [0.2, 0.25) is 0 Å². The van der Waals surface area contributed by atoms with Gasteiger partial charge in [-0.15, -0.1) is 10.2 Å². The molecule has 0 atom stereocenters. The second-order valence-corrected chi connectivity index (χ2v) is 5.81. The first-order valence-electron chi connectivity index (χ1n) is 7.25. The summed E-state index contributed by atoms with van der Waals surface area (Å²) in [7, 11) is 0. The van der Waals surface area contributed by atoms with Gasteiger partial charge in [-0.3, -0.25) is 0 Å². The van der Waals surface area contributed by atoms with Gasteiger partial charge in [0.05, 0.1) is 18.0 Å². The SMILES string of the molecule is Cc1nn2cnnc2c(NCC2(CO)CCOCC2)c1C. The zero-order valence-corrected chi connectivity index (χ0v) is 12.5. The highest BCUT2D eigenvalue weighted by molar-refractivity contribution is 5.71. The van der Waals surface area contributed by atoms with E-state index in [2.05, 4.69) is 20.6 Å². The number of fused-ring (bicyclic) bond motifs is 1. The molecule has 3 heterocycles. The third-order valence-electron chi connectivity index (χ3n) is 4.46. The number of anilines is 1. The van der Waals surface area contributed by atoms with Crippen molar-refractivity contribution in [2.75, 3.05) is 31.7 Å². The molecule has 21 heavy (non-hydrogen) atoms. The van der Waals surface area contributed by atoms with Gasteiger partial charge in [-0.05, 0) is 32.3 Å². The Morgan fingerprint density at radius 1 is 1.38 bits per heavy atom. The van der Waals surface area contributed by atoms with Gasteiger partial charge in [0, 0.05) is 25.2 Å². The number of rotatable bonds is 4. The first-order chi connectivity index (χ1) is 10.2. The van der Waals surface area contributed by atoms with Crippen molar-refractivity contribution in [2.24, 2.45) is 5.41 Å². The monoisotopic (exact) mass is 291 g/mol. The van der Waals surface area contributed by atoms with E-state index in [1.165, 1.54) is 0 Å². The molecule has 0 spiro atoms. The van der Waals surface area contributed by atoms with Crippen LogP contribution in [-0.2, 0) is 4.74 Å². The molecule has 0 bridgehead atoms. The van der Waals surface area contributed by atoms with Crippen LogP contribution in [0.1, 0.15) is 24.1 Å². The van der Waals surface area contributed by atoms with E-state index < -0.39 is 0 Å². The van der Waals surface area contributed by atoms with E-state index >= 15 is 0 Å². The summed E-state index contributed by atoms with van der Waals surface area (Å²) < 4.78 is 7.08. The Kier molecular flexibility index (Phi) is 3.77. The van der Waals surface area contributed by atoms with E-state index in [1.54, 1.807) is 10.8 Å². The summed E-state index contributed by atoms with van der Waals surface area (Å²) in [6.07, 6.45) is 3.33. The van der Waals surface area contributed by atoms with E-state index in [9.17, 15) is 5.11 Å². The van der Waals surface area contributed by atoms with Crippen molar-refractivity contribution >= 4 is 11.3 Å². The summed E-state index contributed by atoms with van der Waals surface area (Å²) in [6.45, 7) is 6.26. The lowest BCUT2D eigenvalue weighted by molar-refractivity contribution is -0.00857. The molecule has 1 aliphatic rings. The normalized spacial score (nSPS) is 18.0. The maximum absolute atomic E-state index is 9.78. The fraction of sp³-hybridized carbons (Fsp3) is 0.643. The lowest BCUT2D eigenvalue weighted by Gasteiger charge is -2.36. The average molecular weight is 291 g/mol. The van der Waals surface area contributed by atoms with Crippen LogP contribution in [0.25, 0.3) is 5.65 Å². The summed E-state index contributed by atoms with van der Waals surface area (Å²) in [4.78, 5) is 0. The Bertz CT molecular complexity index is 634. The van der Waals surface area contributed by atoms with Crippen molar-refractivity contribution in [2.45, 2.75) is 26.7 Å². The Hall–Kier alpha value is -1.73. The number of aryl methyl sites for hydroxylation is 1. The minimum atomic E-state index is -0.126. The van der Waals surface area contributed by atoms with E-state index in [0.29, 0.717) is 19.8 Å². The van der Waals surface area contributed by atoms with Gasteiger partial charge >= 0.3 is 0 Å². The van der Waals surface area contributed by atoms with Gasteiger partial charge in [-0.2, -0.15) is 9.61 Å². The minimum Gasteiger partial charge on any atom is -0.396 e. The molecule has 0 saturated carbocycles. The fourth-order valence-corrected chi connectivity index (χ4v) is 2.74. The number of ether oxygens (including phenoxy) is 1. The first-order valence-corrected chi connectivity index (χ1v) is 7.25. The van der Waals surface area contributed by atoms with Gasteiger partial charge in [0.15, 0.2) is 0 Å². The fourth-order valence-electron chi connectivity index (χ4n) is 2.74. The largest absolute Gasteiger partial charge is 0.396 e. The standard InChI is InChI=1S/C14H21N5O2/c1-10-11(2)18-19-9-16-17-13(19)12(10)15-7-14(8-20)3-5-21-6-4-14/h9,15,20H,3-8H2,1-2H3. The molecule has 7 nitrogen and oxygen atoms in total. The number of aromatic nitrogens is 4. The molecule has 2 aromatic heterocycles.